The van der Waals surface area contributed by atoms with Crippen molar-refractivity contribution in [1.82, 2.24) is 5.32 Å². The van der Waals surface area contributed by atoms with Gasteiger partial charge in [0.1, 0.15) is 0 Å². The summed E-state index contributed by atoms with van der Waals surface area (Å²) in [6.45, 7) is 0. The minimum atomic E-state index is -3.03. The molecule has 1 aromatic rings. The Morgan fingerprint density at radius 1 is 1.30 bits per heavy atom. The van der Waals surface area contributed by atoms with Crippen molar-refractivity contribution in [3.8, 4) is 0 Å². The van der Waals surface area contributed by atoms with Crippen LogP contribution in [0.3, 0.4) is 0 Å². The summed E-state index contributed by atoms with van der Waals surface area (Å²) in [6.07, 6.45) is 0.305. The normalized spacial score (nSPS) is 20.8. The molecule has 0 saturated carbocycles. The van der Waals surface area contributed by atoms with Crippen molar-refractivity contribution >= 4 is 33.3 Å². The summed E-state index contributed by atoms with van der Waals surface area (Å²) in [7, 11) is -3.03. The first-order valence-electron chi connectivity index (χ1n) is 7.22. The fourth-order valence-corrected chi connectivity index (χ4v) is 4.66. The number of carboxylic acid groups (broad SMARTS) is 1. The second-order valence-electron chi connectivity index (χ2n) is 5.74. The van der Waals surface area contributed by atoms with Crippen molar-refractivity contribution in [2.45, 2.75) is 25.3 Å². The number of carbonyl (C=O) groups excluding carboxylic acids is 1. The van der Waals surface area contributed by atoms with E-state index in [0.717, 1.165) is 0 Å². The highest BCUT2D eigenvalue weighted by atomic mass is 35.5. The Hall–Kier alpha value is -1.60. The highest BCUT2D eigenvalue weighted by Gasteiger charge is 2.30. The zero-order valence-electron chi connectivity index (χ0n) is 12.4. The van der Waals surface area contributed by atoms with Gasteiger partial charge < -0.3 is 10.4 Å². The molecule has 2 N–H and O–H groups in total. The lowest BCUT2D eigenvalue weighted by atomic mass is 10.0. The van der Waals surface area contributed by atoms with E-state index in [9.17, 15) is 18.0 Å². The third kappa shape index (κ3) is 5.51. The van der Waals surface area contributed by atoms with Gasteiger partial charge in [0.25, 0.3) is 0 Å². The largest absolute Gasteiger partial charge is 0.481 e. The number of benzene rings is 1. The summed E-state index contributed by atoms with van der Waals surface area (Å²) in [5, 5.41) is 12.2. The molecule has 0 spiro atoms. The maximum Gasteiger partial charge on any atom is 0.305 e. The van der Waals surface area contributed by atoms with Crippen LogP contribution in [0, 0.1) is 5.92 Å². The predicted molar refractivity (Wildman–Crippen MR) is 86.0 cm³/mol. The molecule has 23 heavy (non-hydrogen) atoms. The van der Waals surface area contributed by atoms with Crippen molar-refractivity contribution in [3.63, 3.8) is 0 Å². The summed E-state index contributed by atoms with van der Waals surface area (Å²) in [5.74, 6) is -1.44. The Balaban J connectivity index is 2.01. The highest BCUT2D eigenvalue weighted by molar-refractivity contribution is 7.91. The number of rotatable bonds is 6. The fourth-order valence-electron chi connectivity index (χ4n) is 2.67. The first kappa shape index (κ1) is 17.7. The van der Waals surface area contributed by atoms with E-state index < -0.39 is 21.8 Å². The molecule has 6 nitrogen and oxygen atoms in total. The molecular formula is C15H18ClNO5S. The van der Waals surface area contributed by atoms with Crippen LogP contribution >= 0.6 is 11.6 Å². The second kappa shape index (κ2) is 7.31. The van der Waals surface area contributed by atoms with E-state index in [1.807, 2.05) is 0 Å². The third-order valence-electron chi connectivity index (χ3n) is 3.79. The van der Waals surface area contributed by atoms with Gasteiger partial charge in [-0.1, -0.05) is 23.7 Å². The average molecular weight is 360 g/mol. The highest BCUT2D eigenvalue weighted by Crippen LogP contribution is 2.23. The molecule has 1 aliphatic rings. The number of nitrogens with one attached hydrogen (secondary N) is 1. The maximum atomic E-state index is 12.1. The molecule has 1 saturated heterocycles. The van der Waals surface area contributed by atoms with E-state index in [1.54, 1.807) is 24.3 Å². The van der Waals surface area contributed by atoms with E-state index in [-0.39, 0.29) is 36.2 Å². The van der Waals surface area contributed by atoms with Crippen molar-refractivity contribution in [2.24, 2.45) is 5.92 Å². The van der Waals surface area contributed by atoms with Gasteiger partial charge in [-0.25, -0.2) is 8.42 Å². The second-order valence-corrected chi connectivity index (χ2v) is 8.41. The number of aliphatic carboxylic acids is 1. The van der Waals surface area contributed by atoms with Gasteiger partial charge in [0.2, 0.25) is 5.91 Å². The number of carboxylic acids is 1. The number of hydrogen-bond donors (Lipinski definition) is 2. The lowest BCUT2D eigenvalue weighted by molar-refractivity contribution is -0.137. The summed E-state index contributed by atoms with van der Waals surface area (Å²) >= 11 is 5.81. The topological polar surface area (TPSA) is 101 Å². The molecule has 0 aliphatic carbocycles. The third-order valence-corrected chi connectivity index (χ3v) is 5.88. The Bertz CT molecular complexity index is 686. The maximum absolute atomic E-state index is 12.1. The molecule has 1 aliphatic heterocycles. The summed E-state index contributed by atoms with van der Waals surface area (Å²) in [5.41, 5.74) is 0.643. The van der Waals surface area contributed by atoms with Gasteiger partial charge in [-0.2, -0.15) is 0 Å². The van der Waals surface area contributed by atoms with Gasteiger partial charge in [0.05, 0.1) is 24.0 Å². The standard InChI is InChI=1S/C15H18ClNO5S/c16-12-3-1-11(2-4-12)13(8-15(19)20)17-14(18)7-10-5-6-23(21,22)9-10/h1-4,10,13H,5-9H2,(H,17,18)(H,19,20)/t10?,13-/m0/s1. The summed E-state index contributed by atoms with van der Waals surface area (Å²) < 4.78 is 22.8. The van der Waals surface area contributed by atoms with Gasteiger partial charge >= 0.3 is 5.97 Å². The van der Waals surface area contributed by atoms with E-state index in [0.29, 0.717) is 17.0 Å². The van der Waals surface area contributed by atoms with Crippen LogP contribution in [-0.4, -0.2) is 36.9 Å². The van der Waals surface area contributed by atoms with E-state index >= 15 is 0 Å². The van der Waals surface area contributed by atoms with Crippen LogP contribution in [0.4, 0.5) is 0 Å². The number of amides is 1. The van der Waals surface area contributed by atoms with Gasteiger partial charge in [-0.15, -0.1) is 0 Å². The van der Waals surface area contributed by atoms with Crippen molar-refractivity contribution in [1.29, 1.82) is 0 Å². The van der Waals surface area contributed by atoms with Gasteiger partial charge in [-0.05, 0) is 30.0 Å². The number of sulfone groups is 1. The van der Waals surface area contributed by atoms with Crippen LogP contribution in [0.5, 0.6) is 0 Å². The molecule has 1 fully saturated rings. The van der Waals surface area contributed by atoms with Crippen molar-refractivity contribution < 1.29 is 23.1 Å². The van der Waals surface area contributed by atoms with Crippen molar-refractivity contribution in [3.05, 3.63) is 34.9 Å². The predicted octanol–water partition coefficient (Wildman–Crippen LogP) is 1.80. The molecule has 0 aromatic heterocycles. The summed E-state index contributed by atoms with van der Waals surface area (Å²) in [4.78, 5) is 23.1. The zero-order chi connectivity index (χ0) is 17.0. The molecular weight excluding hydrogens is 342 g/mol. The van der Waals surface area contributed by atoms with Crippen LogP contribution in [0.25, 0.3) is 0 Å². The van der Waals surface area contributed by atoms with Crippen LogP contribution in [0.2, 0.25) is 5.02 Å². The first-order chi connectivity index (χ1) is 10.7. The first-order valence-corrected chi connectivity index (χ1v) is 9.42. The molecule has 1 heterocycles. The van der Waals surface area contributed by atoms with Crippen LogP contribution < -0.4 is 5.32 Å². The Labute approximate surface area is 139 Å². The summed E-state index contributed by atoms with van der Waals surface area (Å²) in [6, 6.07) is 5.91. The quantitative estimate of drug-likeness (QED) is 0.806. The molecule has 8 heteroatoms. The van der Waals surface area contributed by atoms with Crippen LogP contribution in [-0.2, 0) is 19.4 Å². The number of hydrogen-bond acceptors (Lipinski definition) is 4. The Kier molecular flexibility index (Phi) is 5.64. The fraction of sp³-hybridized carbons (Fsp3) is 0.467. The smallest absolute Gasteiger partial charge is 0.305 e. The van der Waals surface area contributed by atoms with Gasteiger partial charge in [-0.3, -0.25) is 9.59 Å². The minimum Gasteiger partial charge on any atom is -0.481 e. The van der Waals surface area contributed by atoms with Crippen LogP contribution in [0.1, 0.15) is 30.9 Å². The monoisotopic (exact) mass is 359 g/mol. The molecule has 1 unspecified atom stereocenters. The van der Waals surface area contributed by atoms with Gasteiger partial charge in [0.15, 0.2) is 9.84 Å². The molecule has 2 atom stereocenters. The van der Waals surface area contributed by atoms with Gasteiger partial charge in [0, 0.05) is 11.4 Å². The molecule has 1 amide bonds. The molecule has 0 bridgehead atoms. The van der Waals surface area contributed by atoms with E-state index in [2.05, 4.69) is 5.32 Å². The molecule has 0 radical (unpaired) electrons. The van der Waals surface area contributed by atoms with E-state index in [4.69, 9.17) is 16.7 Å². The lowest BCUT2D eigenvalue weighted by Crippen LogP contribution is -2.31. The molecule has 2 rings (SSSR count). The van der Waals surface area contributed by atoms with Crippen LogP contribution in [0.15, 0.2) is 24.3 Å². The number of halogens is 1. The average Bonchev–Trinajstić information content (AvgIpc) is 2.77. The number of carbonyl (C=O) groups is 2. The molecule has 126 valence electrons. The SMILES string of the molecule is O=C(O)C[C@H](NC(=O)CC1CCS(=O)(=O)C1)c1ccc(Cl)cc1. The zero-order valence-corrected chi connectivity index (χ0v) is 13.9. The Morgan fingerprint density at radius 3 is 2.48 bits per heavy atom. The molecule has 1 aromatic carbocycles. The van der Waals surface area contributed by atoms with Crippen molar-refractivity contribution in [2.75, 3.05) is 11.5 Å². The minimum absolute atomic E-state index is 0.0188. The lowest BCUT2D eigenvalue weighted by Gasteiger charge is -2.18. The van der Waals surface area contributed by atoms with E-state index in [1.165, 1.54) is 0 Å². The Morgan fingerprint density at radius 2 is 1.96 bits per heavy atom.